The molecule has 0 radical (unpaired) electrons. The summed E-state index contributed by atoms with van der Waals surface area (Å²) in [6.07, 6.45) is -16.8. The second kappa shape index (κ2) is 15.6. The van der Waals surface area contributed by atoms with Gasteiger partial charge in [-0.15, -0.1) is 0 Å². The van der Waals surface area contributed by atoms with Gasteiger partial charge < -0.3 is 28.4 Å². The molecule has 3 aliphatic carbocycles. The molecule has 392 valence electrons. The Morgan fingerprint density at radius 1 is 0.414 bits per heavy atom. The minimum atomic E-state index is -5.19. The second-order valence-corrected chi connectivity index (χ2v) is 23.1. The zero-order valence-corrected chi connectivity index (χ0v) is 39.8. The maximum atomic E-state index is 15.8. The molecule has 15 rings (SSSR count). The predicted molar refractivity (Wildman–Crippen MR) is 217 cm³/mol. The van der Waals surface area contributed by atoms with E-state index in [0.717, 1.165) is 0 Å². The first-order valence-corrected chi connectivity index (χ1v) is 25.0. The molecular formula is C48H60F9NO12. The van der Waals surface area contributed by atoms with Crippen LogP contribution in [0.3, 0.4) is 0 Å². The van der Waals surface area contributed by atoms with Crippen LogP contribution in [0.4, 0.5) is 39.5 Å². The van der Waals surface area contributed by atoms with Crippen molar-refractivity contribution < 1.29 is 97.3 Å². The van der Waals surface area contributed by atoms with E-state index in [4.69, 9.17) is 57.7 Å². The molecule has 18 atom stereocenters. The van der Waals surface area contributed by atoms with Crippen molar-refractivity contribution in [2.75, 3.05) is 19.6 Å². The van der Waals surface area contributed by atoms with Crippen LogP contribution in [0.15, 0.2) is 34.0 Å². The van der Waals surface area contributed by atoms with Gasteiger partial charge in [-0.2, -0.15) is 39.5 Å². The van der Waals surface area contributed by atoms with Crippen molar-refractivity contribution in [2.24, 2.45) is 53.3 Å². The first-order valence-electron chi connectivity index (χ1n) is 25.0. The van der Waals surface area contributed by atoms with Gasteiger partial charge in [-0.05, 0) is 113 Å². The fourth-order valence-corrected chi connectivity index (χ4v) is 15.6. The molecule has 12 heterocycles. The molecule has 0 aromatic carbocycles. The summed E-state index contributed by atoms with van der Waals surface area (Å²) in [4.78, 5) is 37.6. The van der Waals surface area contributed by atoms with E-state index in [1.165, 1.54) is 4.90 Å². The zero-order valence-electron chi connectivity index (χ0n) is 39.8. The Morgan fingerprint density at radius 3 is 0.943 bits per heavy atom. The van der Waals surface area contributed by atoms with E-state index < -0.39 is 161 Å². The van der Waals surface area contributed by atoms with E-state index in [1.54, 1.807) is 20.8 Å². The van der Waals surface area contributed by atoms with E-state index in [9.17, 15) is 0 Å². The van der Waals surface area contributed by atoms with E-state index >= 15 is 39.5 Å². The molecule has 15 aliphatic rings. The van der Waals surface area contributed by atoms with Crippen molar-refractivity contribution in [3.63, 3.8) is 0 Å². The number of halogens is 9. The molecule has 6 bridgehead atoms. The van der Waals surface area contributed by atoms with Crippen molar-refractivity contribution in [3.8, 4) is 0 Å². The second-order valence-electron chi connectivity index (χ2n) is 23.1. The molecule has 13 nitrogen and oxygen atoms in total. The highest BCUT2D eigenvalue weighted by Gasteiger charge is 2.74. The number of alkyl halides is 9. The van der Waals surface area contributed by atoms with Gasteiger partial charge in [0, 0.05) is 74.4 Å². The fourth-order valence-electron chi connectivity index (χ4n) is 15.6. The Hall–Kier alpha value is -2.41. The molecule has 9 saturated heterocycles. The lowest BCUT2D eigenvalue weighted by Gasteiger charge is -2.59. The van der Waals surface area contributed by atoms with E-state index in [2.05, 4.69) is 0 Å². The maximum absolute atomic E-state index is 15.8. The predicted octanol–water partition coefficient (Wildman–Crippen LogP) is 10.5. The zero-order chi connectivity index (χ0) is 49.6. The number of nitrogens with zero attached hydrogens (tertiary/aromatic N) is 1. The van der Waals surface area contributed by atoms with Crippen LogP contribution in [0, 0.1) is 53.3 Å². The number of fused-ring (bicyclic) bond motifs is 6. The van der Waals surface area contributed by atoms with E-state index in [0.29, 0.717) is 38.5 Å². The van der Waals surface area contributed by atoms with E-state index in [-0.39, 0.29) is 56.3 Å². The molecule has 0 aromatic heterocycles. The van der Waals surface area contributed by atoms with E-state index in [1.807, 2.05) is 20.8 Å². The van der Waals surface area contributed by atoms with Crippen molar-refractivity contribution in [1.29, 1.82) is 0 Å². The minimum Gasteiger partial charge on any atom is -0.456 e. The van der Waals surface area contributed by atoms with Crippen molar-refractivity contribution in [3.05, 3.63) is 34.0 Å². The lowest BCUT2D eigenvalue weighted by molar-refractivity contribution is -0.558. The summed E-state index contributed by atoms with van der Waals surface area (Å²) in [5.41, 5.74) is -6.18. The first-order chi connectivity index (χ1) is 32.7. The van der Waals surface area contributed by atoms with Crippen LogP contribution in [0.2, 0.25) is 0 Å². The van der Waals surface area contributed by atoms with Gasteiger partial charge in [-0.25, -0.2) is 29.3 Å². The molecule has 18 unspecified atom stereocenters. The van der Waals surface area contributed by atoms with Crippen molar-refractivity contribution in [2.45, 2.75) is 190 Å². The Labute approximate surface area is 398 Å². The topological polar surface area (TPSA) is 114 Å². The SMILES string of the molecule is CC1CCC2C(CN(CC3=C(C(F)(F)F)OC4OC5(C)CCC6C(C)CCC3C46OO5)CC3=C(C(F)(F)F)OC4OC5(C)CCC6C(C)CCC3C46OO5)=C(C(F)(F)F)OC3OC4(C)CCC1C32OO4. The van der Waals surface area contributed by atoms with Crippen LogP contribution < -0.4 is 0 Å². The Balaban J connectivity index is 1.04. The lowest BCUT2D eigenvalue weighted by Crippen LogP contribution is -2.68. The smallest absolute Gasteiger partial charge is 0.449 e. The van der Waals surface area contributed by atoms with Gasteiger partial charge in [-0.1, -0.05) is 20.8 Å². The summed E-state index contributed by atoms with van der Waals surface area (Å²) in [6.45, 7) is 8.03. The molecule has 3 saturated carbocycles. The number of allylic oxidation sites excluding steroid dienone is 3. The highest BCUT2D eigenvalue weighted by atomic mass is 19.4. The molecule has 12 fully saturated rings. The number of hydrogen-bond acceptors (Lipinski definition) is 13. The minimum absolute atomic E-state index is 0.0888. The van der Waals surface area contributed by atoms with Gasteiger partial charge in [-0.3, -0.25) is 4.90 Å². The normalized spacial score (nSPS) is 49.5. The highest BCUT2D eigenvalue weighted by molar-refractivity contribution is 5.35. The van der Waals surface area contributed by atoms with Gasteiger partial charge in [0.05, 0.1) is 0 Å². The molecular weight excluding hydrogens is 954 g/mol. The summed E-state index contributed by atoms with van der Waals surface area (Å²) in [5, 5.41) is 0. The monoisotopic (exact) mass is 1010 g/mol. The lowest BCUT2D eigenvalue weighted by atomic mass is 9.58. The van der Waals surface area contributed by atoms with Gasteiger partial charge >= 0.3 is 18.5 Å². The van der Waals surface area contributed by atoms with Crippen LogP contribution in [0.25, 0.3) is 0 Å². The van der Waals surface area contributed by atoms with Gasteiger partial charge in [0.1, 0.15) is 0 Å². The van der Waals surface area contributed by atoms with Crippen LogP contribution in [-0.4, -0.2) is 96.1 Å². The standard InChI is InChI=1S/C48H60F9NO12/c1-22-7-10-31-25(34(46(49,50)51)59-37-43(31)28(22)13-16-40(4,62-37)65-68-43)19-58(20-26-32-11-8-23(2)29-14-17-41(5)63-38(44(29,32)69-66-41)60-35(26)47(52,53)54)21-27-33-12-9-24(3)30-15-18-42(6)64-39(45(30,33)70-67-42)61-36(27)48(55,56)57/h22-24,28-33,37-39H,7-21H2,1-6H3. The Morgan fingerprint density at radius 2 is 0.686 bits per heavy atom. The summed E-state index contributed by atoms with van der Waals surface area (Å²) in [6, 6.07) is 0. The number of ether oxygens (including phenoxy) is 6. The summed E-state index contributed by atoms with van der Waals surface area (Å²) in [5.74, 6) is -13.9. The molecule has 3 spiro atoms. The third-order valence-corrected chi connectivity index (χ3v) is 18.9. The summed E-state index contributed by atoms with van der Waals surface area (Å²) in [7, 11) is 0. The Bertz CT molecular complexity index is 2020. The molecule has 0 N–H and O–H groups in total. The van der Waals surface area contributed by atoms with Crippen LogP contribution in [0.1, 0.15) is 119 Å². The molecule has 0 aromatic rings. The number of rotatable bonds is 6. The molecule has 0 amide bonds. The molecule has 22 heteroatoms. The Kier molecular flexibility index (Phi) is 10.8. The average molecular weight is 1010 g/mol. The van der Waals surface area contributed by atoms with Crippen molar-refractivity contribution >= 4 is 0 Å². The van der Waals surface area contributed by atoms with Crippen LogP contribution in [-0.2, 0) is 57.7 Å². The quantitative estimate of drug-likeness (QED) is 0.186. The van der Waals surface area contributed by atoms with Crippen LogP contribution >= 0.6 is 0 Å². The third-order valence-electron chi connectivity index (χ3n) is 18.9. The van der Waals surface area contributed by atoms with Crippen molar-refractivity contribution in [1.82, 2.24) is 4.90 Å². The summed E-state index contributed by atoms with van der Waals surface area (Å²) >= 11 is 0. The molecule has 12 aliphatic heterocycles. The largest absolute Gasteiger partial charge is 0.456 e. The first kappa shape index (κ1) is 48.5. The van der Waals surface area contributed by atoms with Crippen LogP contribution in [0.5, 0.6) is 0 Å². The summed E-state index contributed by atoms with van der Waals surface area (Å²) < 4.78 is 179. The fraction of sp³-hybridized carbons (Fsp3) is 0.875. The van der Waals surface area contributed by atoms with Gasteiger partial charge in [0.2, 0.25) is 53.5 Å². The molecule has 70 heavy (non-hydrogen) atoms. The highest BCUT2D eigenvalue weighted by Crippen LogP contribution is 2.66. The average Bonchev–Trinajstić information content (AvgIpc) is 3.76. The number of hydrogen-bond donors (Lipinski definition) is 0. The van der Waals surface area contributed by atoms with Gasteiger partial charge in [0.15, 0.2) is 16.8 Å². The maximum Gasteiger partial charge on any atom is 0.449 e. The van der Waals surface area contributed by atoms with Gasteiger partial charge in [0.25, 0.3) is 0 Å². The third kappa shape index (κ3) is 6.94.